The smallest absolute Gasteiger partial charge is 0.493 e. The summed E-state index contributed by atoms with van der Waals surface area (Å²) in [6.07, 6.45) is -4.07. The molecular weight excluding hydrogens is 377 g/mol. The van der Waals surface area contributed by atoms with E-state index in [0.29, 0.717) is 30.2 Å². The maximum atomic E-state index is 12.1. The summed E-state index contributed by atoms with van der Waals surface area (Å²) in [4.78, 5) is 11.9. The van der Waals surface area contributed by atoms with Gasteiger partial charge in [0.2, 0.25) is 5.91 Å². The molecule has 2 N–H and O–H groups in total. The molecule has 28 heavy (non-hydrogen) atoms. The van der Waals surface area contributed by atoms with E-state index in [0.717, 1.165) is 17.7 Å². The number of ether oxygens (including phenoxy) is 3. The highest BCUT2D eigenvalue weighted by atomic mass is 19.4. The predicted molar refractivity (Wildman–Crippen MR) is 97.9 cm³/mol. The van der Waals surface area contributed by atoms with Gasteiger partial charge in [0.05, 0.1) is 20.8 Å². The summed E-state index contributed by atoms with van der Waals surface area (Å²) >= 11 is 0. The van der Waals surface area contributed by atoms with Crippen LogP contribution >= 0.6 is 0 Å². The summed E-state index contributed by atoms with van der Waals surface area (Å²) in [6, 6.07) is 10.5. The van der Waals surface area contributed by atoms with E-state index in [1.807, 2.05) is 18.2 Å². The van der Waals surface area contributed by atoms with E-state index >= 15 is 0 Å². The van der Waals surface area contributed by atoms with Crippen LogP contribution in [0.25, 0.3) is 0 Å². The summed E-state index contributed by atoms with van der Waals surface area (Å²) in [7, 11) is 3.13. The number of nitrogens with one attached hydrogen (secondary N) is 2. The van der Waals surface area contributed by atoms with Gasteiger partial charge >= 0.3 is 6.36 Å². The van der Waals surface area contributed by atoms with Gasteiger partial charge in [-0.3, -0.25) is 4.79 Å². The SMILES string of the molecule is COc1ccc(CCNCC(=O)Nc2ccc(OC(F)(F)F)cc2)cc1OC. The number of anilines is 1. The zero-order valence-electron chi connectivity index (χ0n) is 15.4. The minimum absolute atomic E-state index is 0.0636. The molecule has 0 heterocycles. The largest absolute Gasteiger partial charge is 0.573 e. The molecular formula is C19H21F3N2O4. The van der Waals surface area contributed by atoms with Gasteiger partial charge in [0.15, 0.2) is 11.5 Å². The standard InChI is InChI=1S/C19H21F3N2O4/c1-26-16-8-3-13(11-17(16)27-2)9-10-23-12-18(25)24-14-4-6-15(7-5-14)28-19(20,21)22/h3-8,11,23H,9-10,12H2,1-2H3,(H,24,25). The minimum Gasteiger partial charge on any atom is -0.493 e. The summed E-state index contributed by atoms with van der Waals surface area (Å²) in [6.45, 7) is 0.620. The highest BCUT2D eigenvalue weighted by Gasteiger charge is 2.30. The summed E-state index contributed by atoms with van der Waals surface area (Å²) in [5.41, 5.74) is 1.40. The van der Waals surface area contributed by atoms with Crippen molar-refractivity contribution in [2.45, 2.75) is 12.8 Å². The van der Waals surface area contributed by atoms with Crippen LogP contribution in [0, 0.1) is 0 Å². The van der Waals surface area contributed by atoms with Crippen molar-refractivity contribution < 1.29 is 32.2 Å². The number of amides is 1. The Morgan fingerprint density at radius 1 is 1.00 bits per heavy atom. The Kier molecular flexibility index (Phi) is 7.51. The molecule has 6 nitrogen and oxygen atoms in total. The van der Waals surface area contributed by atoms with Crippen LogP contribution in [0.2, 0.25) is 0 Å². The van der Waals surface area contributed by atoms with E-state index < -0.39 is 6.36 Å². The molecule has 0 saturated carbocycles. The molecule has 0 fully saturated rings. The van der Waals surface area contributed by atoms with E-state index in [9.17, 15) is 18.0 Å². The van der Waals surface area contributed by atoms with Gasteiger partial charge in [-0.15, -0.1) is 13.2 Å². The molecule has 0 radical (unpaired) electrons. The van der Waals surface area contributed by atoms with Gasteiger partial charge in [-0.1, -0.05) is 6.07 Å². The van der Waals surface area contributed by atoms with Crippen LogP contribution in [0.5, 0.6) is 17.2 Å². The first-order chi connectivity index (χ1) is 13.3. The van der Waals surface area contributed by atoms with E-state index in [-0.39, 0.29) is 18.2 Å². The van der Waals surface area contributed by atoms with Crippen molar-refractivity contribution in [2.75, 3.05) is 32.6 Å². The lowest BCUT2D eigenvalue weighted by atomic mass is 10.1. The second-order valence-corrected chi connectivity index (χ2v) is 5.74. The highest BCUT2D eigenvalue weighted by Crippen LogP contribution is 2.27. The number of halogens is 3. The van der Waals surface area contributed by atoms with Crippen molar-refractivity contribution >= 4 is 11.6 Å². The van der Waals surface area contributed by atoms with E-state index in [4.69, 9.17) is 9.47 Å². The Morgan fingerprint density at radius 2 is 1.68 bits per heavy atom. The Hall–Kier alpha value is -2.94. The Balaban J connectivity index is 1.74. The number of carbonyl (C=O) groups excluding carboxylic acids is 1. The number of methoxy groups -OCH3 is 2. The first-order valence-electron chi connectivity index (χ1n) is 8.38. The number of carbonyl (C=O) groups is 1. The molecule has 2 aromatic carbocycles. The number of benzene rings is 2. The zero-order valence-corrected chi connectivity index (χ0v) is 15.4. The molecule has 0 bridgehead atoms. The summed E-state index contributed by atoms with van der Waals surface area (Å²) < 4.78 is 50.5. The van der Waals surface area contributed by atoms with Crippen LogP contribution in [-0.4, -0.2) is 39.6 Å². The molecule has 0 unspecified atom stereocenters. The molecule has 9 heteroatoms. The molecule has 2 aromatic rings. The Bertz CT molecular complexity index is 780. The highest BCUT2D eigenvalue weighted by molar-refractivity contribution is 5.92. The third-order valence-corrected chi connectivity index (χ3v) is 3.70. The Labute approximate surface area is 160 Å². The van der Waals surface area contributed by atoms with Crippen molar-refractivity contribution in [2.24, 2.45) is 0 Å². The Morgan fingerprint density at radius 3 is 2.29 bits per heavy atom. The summed E-state index contributed by atoms with van der Waals surface area (Å²) in [5.74, 6) is 0.622. The van der Waals surface area contributed by atoms with Gasteiger partial charge in [0.25, 0.3) is 0 Å². The zero-order chi connectivity index (χ0) is 20.6. The molecule has 0 aliphatic heterocycles. The molecule has 0 spiro atoms. The van der Waals surface area contributed by atoms with Gasteiger partial charge in [0, 0.05) is 5.69 Å². The van der Waals surface area contributed by atoms with Crippen molar-refractivity contribution in [1.82, 2.24) is 5.32 Å². The first-order valence-corrected chi connectivity index (χ1v) is 8.38. The quantitative estimate of drug-likeness (QED) is 0.634. The number of alkyl halides is 3. The summed E-state index contributed by atoms with van der Waals surface area (Å²) in [5, 5.41) is 5.59. The normalized spacial score (nSPS) is 11.0. The van der Waals surface area contributed by atoms with Gasteiger partial charge in [0.1, 0.15) is 5.75 Å². The number of hydrogen-bond donors (Lipinski definition) is 2. The van der Waals surface area contributed by atoms with Crippen molar-refractivity contribution in [3.63, 3.8) is 0 Å². The maximum absolute atomic E-state index is 12.1. The molecule has 0 aromatic heterocycles. The second kappa shape index (κ2) is 9.84. The van der Waals surface area contributed by atoms with Crippen LogP contribution in [0.4, 0.5) is 18.9 Å². The van der Waals surface area contributed by atoms with Crippen molar-refractivity contribution in [3.8, 4) is 17.2 Å². The molecule has 0 saturated heterocycles. The van der Waals surface area contributed by atoms with Crippen LogP contribution in [-0.2, 0) is 11.2 Å². The average Bonchev–Trinajstić information content (AvgIpc) is 2.65. The fourth-order valence-corrected chi connectivity index (χ4v) is 2.42. The molecule has 1 amide bonds. The third kappa shape index (κ3) is 6.99. The number of rotatable bonds is 9. The molecule has 0 aliphatic rings. The second-order valence-electron chi connectivity index (χ2n) is 5.74. The van der Waals surface area contributed by atoms with Crippen LogP contribution in [0.15, 0.2) is 42.5 Å². The van der Waals surface area contributed by atoms with E-state index in [1.165, 1.54) is 12.1 Å². The maximum Gasteiger partial charge on any atom is 0.573 e. The van der Waals surface area contributed by atoms with E-state index in [2.05, 4.69) is 15.4 Å². The third-order valence-electron chi connectivity index (χ3n) is 3.70. The van der Waals surface area contributed by atoms with Crippen LogP contribution in [0.1, 0.15) is 5.56 Å². The van der Waals surface area contributed by atoms with Crippen LogP contribution < -0.4 is 24.8 Å². The van der Waals surface area contributed by atoms with Gasteiger partial charge < -0.3 is 24.8 Å². The fraction of sp³-hybridized carbons (Fsp3) is 0.316. The molecule has 0 atom stereocenters. The van der Waals surface area contributed by atoms with Crippen LogP contribution in [0.3, 0.4) is 0 Å². The van der Waals surface area contributed by atoms with Gasteiger partial charge in [-0.2, -0.15) is 0 Å². The first kappa shape index (κ1) is 21.4. The van der Waals surface area contributed by atoms with Crippen molar-refractivity contribution in [1.29, 1.82) is 0 Å². The fourth-order valence-electron chi connectivity index (χ4n) is 2.42. The monoisotopic (exact) mass is 398 g/mol. The molecule has 152 valence electrons. The van der Waals surface area contributed by atoms with Gasteiger partial charge in [-0.25, -0.2) is 0 Å². The number of hydrogen-bond acceptors (Lipinski definition) is 5. The lowest BCUT2D eigenvalue weighted by molar-refractivity contribution is -0.274. The van der Waals surface area contributed by atoms with E-state index in [1.54, 1.807) is 14.2 Å². The lowest BCUT2D eigenvalue weighted by Crippen LogP contribution is -2.29. The van der Waals surface area contributed by atoms with Gasteiger partial charge in [-0.05, 0) is 54.9 Å². The predicted octanol–water partition coefficient (Wildman–Crippen LogP) is 3.37. The average molecular weight is 398 g/mol. The van der Waals surface area contributed by atoms with Crippen molar-refractivity contribution in [3.05, 3.63) is 48.0 Å². The topological polar surface area (TPSA) is 68.8 Å². The molecule has 0 aliphatic carbocycles. The molecule has 2 rings (SSSR count). The lowest BCUT2D eigenvalue weighted by Gasteiger charge is -2.11. The minimum atomic E-state index is -4.75.